The molecule has 29 heavy (non-hydrogen) atoms. The second-order valence-electron chi connectivity index (χ2n) is 6.87. The van der Waals surface area contributed by atoms with E-state index < -0.39 is 5.91 Å². The van der Waals surface area contributed by atoms with Crippen LogP contribution in [0.1, 0.15) is 30.5 Å². The summed E-state index contributed by atoms with van der Waals surface area (Å²) in [5, 5.41) is 9.31. The number of amides is 2. The van der Waals surface area contributed by atoms with Gasteiger partial charge in [0.25, 0.3) is 11.8 Å². The zero-order chi connectivity index (χ0) is 21.0. The van der Waals surface area contributed by atoms with E-state index in [-0.39, 0.29) is 18.0 Å². The molecule has 0 fully saturated rings. The van der Waals surface area contributed by atoms with Crippen LogP contribution in [0.15, 0.2) is 65.3 Å². The van der Waals surface area contributed by atoms with Gasteiger partial charge in [-0.05, 0) is 55.7 Å². The zero-order valence-electron chi connectivity index (χ0n) is 16.7. The number of hydrogen-bond acceptors (Lipinski definition) is 4. The standard InChI is InChI=1S/C24H22N2O3/c1-4-26-23(27)21(17(3)22(14-25)24(26)28)13-18-9-11-20(12-10-18)29-15-19-7-5-16(2)6-8-19/h5-13H,4,15H2,1-3H3/b21-13+. The molecule has 0 N–H and O–H groups in total. The van der Waals surface area contributed by atoms with Crippen molar-refractivity contribution in [1.29, 1.82) is 5.26 Å². The first-order valence-electron chi connectivity index (χ1n) is 9.42. The van der Waals surface area contributed by atoms with Crippen molar-refractivity contribution in [1.82, 2.24) is 4.90 Å². The van der Waals surface area contributed by atoms with E-state index >= 15 is 0 Å². The fraction of sp³-hybridized carbons (Fsp3) is 0.208. The molecular formula is C24H22N2O3. The molecule has 0 radical (unpaired) electrons. The molecule has 0 atom stereocenters. The molecule has 0 bridgehead atoms. The molecule has 2 aromatic rings. The number of rotatable bonds is 5. The highest BCUT2D eigenvalue weighted by atomic mass is 16.5. The third-order valence-corrected chi connectivity index (χ3v) is 4.86. The van der Waals surface area contributed by atoms with E-state index in [0.717, 1.165) is 21.8 Å². The van der Waals surface area contributed by atoms with Crippen molar-refractivity contribution in [2.24, 2.45) is 0 Å². The highest BCUT2D eigenvalue weighted by Gasteiger charge is 2.34. The lowest BCUT2D eigenvalue weighted by molar-refractivity contribution is -0.140. The minimum absolute atomic E-state index is 0.00995. The van der Waals surface area contributed by atoms with E-state index in [1.165, 1.54) is 5.56 Å². The Bertz CT molecular complexity index is 1040. The van der Waals surface area contributed by atoms with Gasteiger partial charge in [0, 0.05) is 12.1 Å². The fourth-order valence-corrected chi connectivity index (χ4v) is 3.09. The smallest absolute Gasteiger partial charge is 0.271 e. The lowest BCUT2D eigenvalue weighted by Crippen LogP contribution is -2.42. The van der Waals surface area contributed by atoms with Crippen LogP contribution < -0.4 is 4.74 Å². The molecule has 2 aromatic carbocycles. The van der Waals surface area contributed by atoms with Crippen LogP contribution in [0, 0.1) is 18.3 Å². The molecule has 0 aliphatic carbocycles. The van der Waals surface area contributed by atoms with E-state index in [4.69, 9.17) is 4.74 Å². The molecule has 0 spiro atoms. The zero-order valence-corrected chi connectivity index (χ0v) is 16.7. The van der Waals surface area contributed by atoms with Crippen LogP contribution >= 0.6 is 0 Å². The molecule has 0 unspecified atom stereocenters. The number of likely N-dealkylation sites (N-methyl/N-ethyl adjacent to an activating group) is 1. The number of carbonyl (C=O) groups excluding carboxylic acids is 2. The van der Waals surface area contributed by atoms with Gasteiger partial charge in [-0.3, -0.25) is 14.5 Å². The maximum atomic E-state index is 12.7. The number of aryl methyl sites for hydroxylation is 1. The van der Waals surface area contributed by atoms with Crippen LogP contribution in [0.25, 0.3) is 6.08 Å². The molecule has 3 rings (SSSR count). The summed E-state index contributed by atoms with van der Waals surface area (Å²) < 4.78 is 5.81. The van der Waals surface area contributed by atoms with Gasteiger partial charge < -0.3 is 4.74 Å². The predicted molar refractivity (Wildman–Crippen MR) is 111 cm³/mol. The summed E-state index contributed by atoms with van der Waals surface area (Å²) in [4.78, 5) is 26.0. The Balaban J connectivity index is 1.80. The SMILES string of the molecule is CCN1C(=O)C(C#N)=C(C)/C(=C\c2ccc(OCc3ccc(C)cc3)cc2)C1=O. The van der Waals surface area contributed by atoms with Crippen LogP contribution in [0.4, 0.5) is 0 Å². The number of benzene rings is 2. The van der Waals surface area contributed by atoms with Gasteiger partial charge in [0.1, 0.15) is 24.0 Å². The molecule has 146 valence electrons. The Morgan fingerprint density at radius 1 is 1.00 bits per heavy atom. The molecule has 5 nitrogen and oxygen atoms in total. The maximum Gasteiger partial charge on any atom is 0.271 e. The number of carbonyl (C=O) groups is 2. The van der Waals surface area contributed by atoms with Crippen molar-refractivity contribution >= 4 is 17.9 Å². The summed E-state index contributed by atoms with van der Waals surface area (Å²) in [5.74, 6) is -0.193. The van der Waals surface area contributed by atoms with Gasteiger partial charge in [-0.1, -0.05) is 42.0 Å². The van der Waals surface area contributed by atoms with Gasteiger partial charge in [-0.2, -0.15) is 5.26 Å². The van der Waals surface area contributed by atoms with Gasteiger partial charge in [0.15, 0.2) is 0 Å². The highest BCUT2D eigenvalue weighted by Crippen LogP contribution is 2.27. The van der Waals surface area contributed by atoms with E-state index in [2.05, 4.69) is 0 Å². The summed E-state index contributed by atoms with van der Waals surface area (Å²) in [6, 6.07) is 17.4. The van der Waals surface area contributed by atoms with Crippen molar-refractivity contribution in [3.05, 3.63) is 81.9 Å². The fourth-order valence-electron chi connectivity index (χ4n) is 3.09. The van der Waals surface area contributed by atoms with Crippen molar-refractivity contribution < 1.29 is 14.3 Å². The Morgan fingerprint density at radius 3 is 2.24 bits per heavy atom. The molecular weight excluding hydrogens is 364 g/mol. The average Bonchev–Trinajstić information content (AvgIpc) is 2.72. The number of nitrogens with zero attached hydrogens (tertiary/aromatic N) is 2. The number of nitriles is 1. The van der Waals surface area contributed by atoms with Crippen LogP contribution in [0.2, 0.25) is 0 Å². The van der Waals surface area contributed by atoms with Crippen molar-refractivity contribution in [3.63, 3.8) is 0 Å². The summed E-state index contributed by atoms with van der Waals surface area (Å²) in [7, 11) is 0. The van der Waals surface area contributed by atoms with Gasteiger partial charge >= 0.3 is 0 Å². The Kier molecular flexibility index (Phi) is 5.94. The van der Waals surface area contributed by atoms with Crippen LogP contribution in [-0.2, 0) is 16.2 Å². The summed E-state index contributed by atoms with van der Waals surface area (Å²) in [6.07, 6.45) is 1.70. The maximum absolute atomic E-state index is 12.7. The van der Waals surface area contributed by atoms with Gasteiger partial charge in [0.05, 0.1) is 0 Å². The first kappa shape index (κ1) is 20.1. The number of imide groups is 1. The minimum Gasteiger partial charge on any atom is -0.489 e. The van der Waals surface area contributed by atoms with Crippen molar-refractivity contribution in [2.45, 2.75) is 27.4 Å². The number of hydrogen-bond donors (Lipinski definition) is 0. The van der Waals surface area contributed by atoms with Gasteiger partial charge in [-0.15, -0.1) is 0 Å². The van der Waals surface area contributed by atoms with E-state index in [9.17, 15) is 14.9 Å². The molecule has 0 aromatic heterocycles. The third kappa shape index (κ3) is 4.27. The Morgan fingerprint density at radius 2 is 1.66 bits per heavy atom. The second kappa shape index (κ2) is 8.57. The first-order chi connectivity index (χ1) is 13.9. The first-order valence-corrected chi connectivity index (χ1v) is 9.42. The van der Waals surface area contributed by atoms with Gasteiger partial charge in [0.2, 0.25) is 0 Å². The number of ether oxygens (including phenoxy) is 1. The van der Waals surface area contributed by atoms with E-state index in [1.54, 1.807) is 19.9 Å². The molecule has 1 heterocycles. The van der Waals surface area contributed by atoms with E-state index in [0.29, 0.717) is 17.8 Å². The highest BCUT2D eigenvalue weighted by molar-refractivity contribution is 6.19. The van der Waals surface area contributed by atoms with Crippen molar-refractivity contribution in [3.8, 4) is 11.8 Å². The largest absolute Gasteiger partial charge is 0.489 e. The summed E-state index contributed by atoms with van der Waals surface area (Å²) in [6.45, 7) is 6.08. The molecule has 0 saturated carbocycles. The minimum atomic E-state index is -0.533. The lowest BCUT2D eigenvalue weighted by Gasteiger charge is -2.26. The second-order valence-corrected chi connectivity index (χ2v) is 6.87. The summed E-state index contributed by atoms with van der Waals surface area (Å²) in [5.41, 5.74) is 3.86. The summed E-state index contributed by atoms with van der Waals surface area (Å²) >= 11 is 0. The topological polar surface area (TPSA) is 70.4 Å². The lowest BCUT2D eigenvalue weighted by atomic mass is 9.94. The average molecular weight is 386 g/mol. The predicted octanol–water partition coefficient (Wildman–Crippen LogP) is 4.19. The normalized spacial score (nSPS) is 15.7. The van der Waals surface area contributed by atoms with Gasteiger partial charge in [-0.25, -0.2) is 0 Å². The third-order valence-electron chi connectivity index (χ3n) is 4.86. The molecule has 2 amide bonds. The van der Waals surface area contributed by atoms with Crippen LogP contribution in [-0.4, -0.2) is 23.3 Å². The van der Waals surface area contributed by atoms with Crippen molar-refractivity contribution in [2.75, 3.05) is 6.54 Å². The molecule has 1 aliphatic rings. The molecule has 0 saturated heterocycles. The molecule has 5 heteroatoms. The quantitative estimate of drug-likeness (QED) is 0.571. The van der Waals surface area contributed by atoms with Crippen LogP contribution in [0.3, 0.4) is 0 Å². The molecule has 1 aliphatic heterocycles. The Labute approximate surface area is 170 Å². The van der Waals surface area contributed by atoms with Crippen LogP contribution in [0.5, 0.6) is 5.75 Å². The van der Waals surface area contributed by atoms with E-state index in [1.807, 2.05) is 61.5 Å². The Hall–Kier alpha value is -3.65. The monoisotopic (exact) mass is 386 g/mol.